The molecule has 30 heavy (non-hydrogen) atoms. The van der Waals surface area contributed by atoms with E-state index in [4.69, 9.17) is 9.47 Å². The van der Waals surface area contributed by atoms with Gasteiger partial charge in [0.15, 0.2) is 0 Å². The molecular weight excluding hydrogens is 401 g/mol. The predicted octanol–water partition coefficient (Wildman–Crippen LogP) is 4.31. The molecule has 2 aromatic carbocycles. The molecule has 2 amide bonds. The molecule has 1 fully saturated rings. The molecule has 9 heteroatoms. The first-order valence-electron chi connectivity index (χ1n) is 9.25. The standard InChI is InChI=1S/C21H21F3N2O4/c1-26-10-9-13(11-19(26)27)20(28)25-17-12-16(7-8-18(17)29-2)30-15-5-3-14(4-6-15)21(22,23)24/h3-8,12-13H,9-11H2,1-2H3,(H,25,28). The normalized spacial score (nSPS) is 16.9. The lowest BCUT2D eigenvalue weighted by Crippen LogP contribution is -2.39. The number of rotatable bonds is 5. The molecule has 1 saturated heterocycles. The van der Waals surface area contributed by atoms with Crippen molar-refractivity contribution in [1.29, 1.82) is 0 Å². The SMILES string of the molecule is COc1ccc(Oc2ccc(C(F)(F)F)cc2)cc1NC(=O)C1CCN(C)C(=O)C1. The van der Waals surface area contributed by atoms with Gasteiger partial charge >= 0.3 is 6.18 Å². The van der Waals surface area contributed by atoms with Crippen LogP contribution in [0.1, 0.15) is 18.4 Å². The Morgan fingerprint density at radius 2 is 1.80 bits per heavy atom. The highest BCUT2D eigenvalue weighted by Gasteiger charge is 2.30. The number of likely N-dealkylation sites (tertiary alicyclic amines) is 1. The highest BCUT2D eigenvalue weighted by Crippen LogP contribution is 2.34. The third-order valence-corrected chi connectivity index (χ3v) is 4.88. The van der Waals surface area contributed by atoms with Gasteiger partial charge in [0.1, 0.15) is 17.2 Å². The zero-order valence-corrected chi connectivity index (χ0v) is 16.5. The van der Waals surface area contributed by atoms with Gasteiger partial charge < -0.3 is 19.7 Å². The summed E-state index contributed by atoms with van der Waals surface area (Å²) in [6.07, 6.45) is -3.74. The van der Waals surface area contributed by atoms with Crippen LogP contribution in [0.25, 0.3) is 0 Å². The van der Waals surface area contributed by atoms with Gasteiger partial charge in [0.25, 0.3) is 0 Å². The Balaban J connectivity index is 1.73. The molecule has 3 rings (SSSR count). The van der Waals surface area contributed by atoms with Crippen LogP contribution in [0.5, 0.6) is 17.2 Å². The number of alkyl halides is 3. The molecule has 0 saturated carbocycles. The Morgan fingerprint density at radius 3 is 2.40 bits per heavy atom. The number of hydrogen-bond acceptors (Lipinski definition) is 4. The monoisotopic (exact) mass is 422 g/mol. The van der Waals surface area contributed by atoms with Crippen molar-refractivity contribution in [3.8, 4) is 17.2 Å². The van der Waals surface area contributed by atoms with Crippen molar-refractivity contribution in [3.05, 3.63) is 48.0 Å². The minimum Gasteiger partial charge on any atom is -0.495 e. The van der Waals surface area contributed by atoms with Gasteiger partial charge in [-0.25, -0.2) is 0 Å². The fraction of sp³-hybridized carbons (Fsp3) is 0.333. The Kier molecular flexibility index (Phi) is 6.19. The highest BCUT2D eigenvalue weighted by atomic mass is 19.4. The lowest BCUT2D eigenvalue weighted by molar-refractivity contribution is -0.137. The first-order chi connectivity index (χ1) is 14.2. The third-order valence-electron chi connectivity index (χ3n) is 4.88. The van der Waals surface area contributed by atoms with Gasteiger partial charge in [-0.05, 0) is 42.8 Å². The number of piperidine rings is 1. The summed E-state index contributed by atoms with van der Waals surface area (Å²) in [6.45, 7) is 0.505. The summed E-state index contributed by atoms with van der Waals surface area (Å²) in [7, 11) is 3.14. The lowest BCUT2D eigenvalue weighted by atomic mass is 9.95. The van der Waals surface area contributed by atoms with E-state index in [1.54, 1.807) is 24.1 Å². The quantitative estimate of drug-likeness (QED) is 0.780. The van der Waals surface area contributed by atoms with Crippen molar-refractivity contribution >= 4 is 17.5 Å². The summed E-state index contributed by atoms with van der Waals surface area (Å²) in [5.74, 6) is 0.0751. The molecule has 0 spiro atoms. The highest BCUT2D eigenvalue weighted by molar-refractivity contribution is 5.97. The molecule has 1 atom stereocenters. The fourth-order valence-corrected chi connectivity index (χ4v) is 3.10. The fourth-order valence-electron chi connectivity index (χ4n) is 3.10. The summed E-state index contributed by atoms with van der Waals surface area (Å²) in [5.41, 5.74) is -0.427. The van der Waals surface area contributed by atoms with E-state index >= 15 is 0 Å². The Labute approximate surface area is 171 Å². The van der Waals surface area contributed by atoms with Gasteiger partial charge in [-0.3, -0.25) is 9.59 Å². The summed E-state index contributed by atoms with van der Waals surface area (Å²) in [4.78, 5) is 26.0. The molecule has 1 heterocycles. The van der Waals surface area contributed by atoms with Gasteiger partial charge in [0, 0.05) is 32.0 Å². The van der Waals surface area contributed by atoms with Crippen molar-refractivity contribution < 1.29 is 32.2 Å². The number of carbonyl (C=O) groups excluding carboxylic acids is 2. The summed E-state index contributed by atoms with van der Waals surface area (Å²) >= 11 is 0. The maximum absolute atomic E-state index is 12.7. The molecule has 6 nitrogen and oxygen atoms in total. The smallest absolute Gasteiger partial charge is 0.416 e. The van der Waals surface area contributed by atoms with Crippen molar-refractivity contribution in [1.82, 2.24) is 4.90 Å². The Hall–Kier alpha value is -3.23. The topological polar surface area (TPSA) is 67.9 Å². The van der Waals surface area contributed by atoms with Crippen LogP contribution in [0.3, 0.4) is 0 Å². The number of benzene rings is 2. The third kappa shape index (κ3) is 5.03. The molecule has 2 aromatic rings. The van der Waals surface area contributed by atoms with E-state index in [1.807, 2.05) is 0 Å². The molecule has 1 N–H and O–H groups in total. The molecule has 0 radical (unpaired) electrons. The van der Waals surface area contributed by atoms with Gasteiger partial charge in [-0.1, -0.05) is 0 Å². The van der Waals surface area contributed by atoms with E-state index in [2.05, 4.69) is 5.32 Å². The zero-order valence-electron chi connectivity index (χ0n) is 16.5. The van der Waals surface area contributed by atoms with Crippen molar-refractivity contribution in [2.75, 3.05) is 26.0 Å². The molecule has 0 aliphatic carbocycles. The maximum Gasteiger partial charge on any atom is 0.416 e. The van der Waals surface area contributed by atoms with Crippen molar-refractivity contribution in [2.45, 2.75) is 19.0 Å². The number of methoxy groups -OCH3 is 1. The van der Waals surface area contributed by atoms with E-state index in [1.165, 1.54) is 25.3 Å². The predicted molar refractivity (Wildman–Crippen MR) is 104 cm³/mol. The van der Waals surface area contributed by atoms with Crippen LogP contribution in [0, 0.1) is 5.92 Å². The van der Waals surface area contributed by atoms with E-state index in [-0.39, 0.29) is 24.0 Å². The van der Waals surface area contributed by atoms with Crippen LogP contribution in [-0.2, 0) is 15.8 Å². The molecule has 1 unspecified atom stereocenters. The van der Waals surface area contributed by atoms with E-state index < -0.39 is 17.7 Å². The second-order valence-corrected chi connectivity index (χ2v) is 6.98. The van der Waals surface area contributed by atoms with Gasteiger partial charge in [0.2, 0.25) is 11.8 Å². The molecule has 1 aliphatic heterocycles. The van der Waals surface area contributed by atoms with E-state index in [9.17, 15) is 22.8 Å². The van der Waals surface area contributed by atoms with Gasteiger partial charge in [-0.2, -0.15) is 13.2 Å². The second kappa shape index (κ2) is 8.64. The number of anilines is 1. The lowest BCUT2D eigenvalue weighted by Gasteiger charge is -2.28. The Bertz CT molecular complexity index is 929. The summed E-state index contributed by atoms with van der Waals surface area (Å²) in [6, 6.07) is 8.97. The first-order valence-corrected chi connectivity index (χ1v) is 9.25. The van der Waals surface area contributed by atoms with Crippen LogP contribution in [0.15, 0.2) is 42.5 Å². The molecule has 1 aliphatic rings. The molecule has 0 aromatic heterocycles. The first kappa shape index (κ1) is 21.5. The van der Waals surface area contributed by atoms with Crippen molar-refractivity contribution in [3.63, 3.8) is 0 Å². The minimum absolute atomic E-state index is 0.0900. The number of nitrogens with zero attached hydrogens (tertiary/aromatic N) is 1. The van der Waals surface area contributed by atoms with Crippen LogP contribution < -0.4 is 14.8 Å². The van der Waals surface area contributed by atoms with E-state index in [0.29, 0.717) is 30.2 Å². The van der Waals surface area contributed by atoms with Crippen LogP contribution in [-0.4, -0.2) is 37.4 Å². The average molecular weight is 422 g/mol. The second-order valence-electron chi connectivity index (χ2n) is 6.98. The molecule has 0 bridgehead atoms. The van der Waals surface area contributed by atoms with Gasteiger partial charge in [0.05, 0.1) is 18.4 Å². The van der Waals surface area contributed by atoms with Crippen LogP contribution in [0.2, 0.25) is 0 Å². The van der Waals surface area contributed by atoms with E-state index in [0.717, 1.165) is 12.1 Å². The Morgan fingerprint density at radius 1 is 1.13 bits per heavy atom. The average Bonchev–Trinajstić information content (AvgIpc) is 2.70. The van der Waals surface area contributed by atoms with Gasteiger partial charge in [-0.15, -0.1) is 0 Å². The molecular formula is C21H21F3N2O4. The zero-order chi connectivity index (χ0) is 21.9. The number of hydrogen-bond donors (Lipinski definition) is 1. The summed E-state index contributed by atoms with van der Waals surface area (Å²) in [5, 5.41) is 2.76. The largest absolute Gasteiger partial charge is 0.495 e. The minimum atomic E-state index is -4.43. The number of ether oxygens (including phenoxy) is 2. The van der Waals surface area contributed by atoms with Crippen LogP contribution in [0.4, 0.5) is 18.9 Å². The number of nitrogens with one attached hydrogen (secondary N) is 1. The van der Waals surface area contributed by atoms with Crippen molar-refractivity contribution in [2.24, 2.45) is 5.92 Å². The maximum atomic E-state index is 12.7. The number of halogens is 3. The summed E-state index contributed by atoms with van der Waals surface area (Å²) < 4.78 is 48.9. The number of amides is 2. The van der Waals surface area contributed by atoms with Crippen LogP contribution >= 0.6 is 0 Å². The number of carbonyl (C=O) groups is 2. The molecule has 160 valence electrons.